The van der Waals surface area contributed by atoms with Crippen LogP contribution >= 0.6 is 0 Å². The Balaban J connectivity index is 1.33. The van der Waals surface area contributed by atoms with E-state index in [0.717, 1.165) is 51.7 Å². The summed E-state index contributed by atoms with van der Waals surface area (Å²) >= 11 is 0. The number of aromatic nitrogens is 2. The molecule has 0 aliphatic heterocycles. The lowest BCUT2D eigenvalue weighted by Gasteiger charge is -2.29. The fourth-order valence-electron chi connectivity index (χ4n) is 13.3. The number of aromatic amines is 1. The van der Waals surface area contributed by atoms with Gasteiger partial charge < -0.3 is 123 Å². The quantitative estimate of drug-likeness (QED) is 0.00615. The van der Waals surface area contributed by atoms with E-state index in [4.69, 9.17) is 22.9 Å². The number of imidazole rings is 1. The number of carboxylic acids is 1. The second-order valence-corrected chi connectivity index (χ2v) is 31.5. The molecule has 40 nitrogen and oxygen atoms in total. The molecular formula is C86H110F5N19O21. The number of nitrogens with zero attached hydrogens (tertiary/aromatic N) is 1. The van der Waals surface area contributed by atoms with Gasteiger partial charge in [-0.05, 0) is 124 Å². The molecule has 1 heterocycles. The smallest absolute Gasteiger partial charge is 0.303 e. The molecule has 710 valence electrons. The van der Waals surface area contributed by atoms with Gasteiger partial charge >= 0.3 is 5.97 Å². The predicted molar refractivity (Wildman–Crippen MR) is 458 cm³/mol. The number of unbranched alkanes of at least 4 members (excludes halogenated alkanes) is 1. The van der Waals surface area contributed by atoms with Crippen LogP contribution in [-0.2, 0) is 109 Å². The van der Waals surface area contributed by atoms with Crippen LogP contribution in [0, 0.1) is 35.0 Å². The molecule has 0 radical (unpaired) electrons. The molecule has 0 bridgehead atoms. The molecule has 15 amide bonds. The molecule has 131 heavy (non-hydrogen) atoms. The summed E-state index contributed by atoms with van der Waals surface area (Å²) in [4.78, 5) is 230. The number of nitrogens with one attached hydrogen (secondary N) is 14. The third-order valence-electron chi connectivity index (χ3n) is 20.4. The standard InChI is InChI=1S/C86H110F5N19O21/c1-41(2)32-58(99-45(6)114)82(127)109-72(43(4)112)85(130)107-60(33-46-15-21-50(22-16-46)49-12-8-7-9-13-49)79(124)102-57(28-30-66(117)118)77(122)105-62(36-52-38-96-40-97-52)81(126)104-59(35-48-19-25-53(115)26-20-48)80(125)106-63(37-54-67(87)69(89)71(91)70(90)68(54)88)78(123)98-42(3)75(120)101-56(27-29-65(94)116)76(121)103-61(34-47-17-23-51(93)24-18-47)83(128)110-73(44(5)113)86(131)108-64(39-111)84(129)100-55(74(95)119)14-10-11-31-92/h7-9,12-13,15-26,38,40-44,55-64,72-73,111-113,115H,10-11,14,27-37,39,92-93H2,1-6H3,(H2,94,116)(H2,95,119)(H,96,97)(H,98,123)(H,99,114)(H,100,129)(H,101,120)(H,102,124)(H,103,121)(H,104,126)(H,105,122)(H,106,125)(H,107,130)(H,108,131)(H,109,127)(H,110,128)(H,117,118)/t42-,43+,44+,55-,56-,57-,58-,59-,60-,61-,62-,63-,64-,72-,73-/m0/s1. The number of halogens is 5. The Morgan fingerprint density at radius 3 is 1.25 bits per heavy atom. The number of nitrogen functional groups attached to an aromatic ring is 1. The molecule has 1 aromatic heterocycles. The molecule has 0 fully saturated rings. The van der Waals surface area contributed by atoms with E-state index >= 15 is 27.2 Å². The van der Waals surface area contributed by atoms with Crippen molar-refractivity contribution in [2.75, 3.05) is 18.9 Å². The number of phenols is 1. The molecule has 45 heteroatoms. The maximum atomic E-state index is 15.9. The van der Waals surface area contributed by atoms with Crippen LogP contribution in [0.4, 0.5) is 27.6 Å². The fraction of sp³-hybridized carbons (Fsp3) is 0.430. The lowest BCUT2D eigenvalue weighted by molar-refractivity contribution is -0.139. The maximum absolute atomic E-state index is 15.9. The molecule has 6 aromatic rings. The monoisotopic (exact) mass is 1840 g/mol. The van der Waals surface area contributed by atoms with Gasteiger partial charge in [0.25, 0.3) is 0 Å². The van der Waals surface area contributed by atoms with Crippen molar-refractivity contribution in [1.82, 2.24) is 79.1 Å². The van der Waals surface area contributed by atoms with Gasteiger partial charge in [0.05, 0.1) is 30.8 Å². The van der Waals surface area contributed by atoms with Crippen molar-refractivity contribution in [3.63, 3.8) is 0 Å². The average molecular weight is 1840 g/mol. The molecule has 27 N–H and O–H groups in total. The zero-order chi connectivity index (χ0) is 97.2. The minimum absolute atomic E-state index is 0.0112. The average Bonchev–Trinajstić information content (AvgIpc) is 1.20. The Morgan fingerprint density at radius 1 is 0.420 bits per heavy atom. The van der Waals surface area contributed by atoms with E-state index in [-0.39, 0.29) is 53.6 Å². The first-order valence-corrected chi connectivity index (χ1v) is 41.5. The largest absolute Gasteiger partial charge is 0.508 e. The number of benzene rings is 5. The first kappa shape index (κ1) is 106. The number of H-pyrrole nitrogens is 1. The van der Waals surface area contributed by atoms with Gasteiger partial charge in [-0.3, -0.25) is 76.7 Å². The Hall–Kier alpha value is -14.1. The van der Waals surface area contributed by atoms with Gasteiger partial charge in [0, 0.05) is 69.3 Å². The van der Waals surface area contributed by atoms with Gasteiger partial charge in [-0.1, -0.05) is 92.7 Å². The number of nitrogens with two attached hydrogens (primary N) is 4. The normalized spacial score (nSPS) is 14.6. The minimum atomic E-state index is -2.67. The lowest BCUT2D eigenvalue weighted by Crippen LogP contribution is -2.62. The highest BCUT2D eigenvalue weighted by Gasteiger charge is 2.41. The van der Waals surface area contributed by atoms with Gasteiger partial charge in [-0.15, -0.1) is 0 Å². The Labute approximate surface area is 747 Å². The van der Waals surface area contributed by atoms with Crippen LogP contribution in [0.2, 0.25) is 0 Å². The third-order valence-corrected chi connectivity index (χ3v) is 20.4. The van der Waals surface area contributed by atoms with Gasteiger partial charge in [0.2, 0.25) is 94.4 Å². The summed E-state index contributed by atoms with van der Waals surface area (Å²) in [6.07, 6.45) is -7.28. The van der Waals surface area contributed by atoms with Crippen molar-refractivity contribution < 1.29 is 124 Å². The second-order valence-electron chi connectivity index (χ2n) is 31.5. The van der Waals surface area contributed by atoms with Crippen LogP contribution in [0.1, 0.15) is 121 Å². The van der Waals surface area contributed by atoms with Crippen LogP contribution in [-0.4, -0.2) is 234 Å². The maximum Gasteiger partial charge on any atom is 0.303 e. The first-order valence-electron chi connectivity index (χ1n) is 41.5. The molecule has 0 saturated heterocycles. The van der Waals surface area contributed by atoms with Gasteiger partial charge in [-0.25, -0.2) is 26.9 Å². The molecule has 5 aromatic carbocycles. The molecule has 0 aliphatic carbocycles. The Kier molecular flexibility index (Phi) is 41.3. The van der Waals surface area contributed by atoms with Gasteiger partial charge in [0.1, 0.15) is 84.3 Å². The highest BCUT2D eigenvalue weighted by Crippen LogP contribution is 2.26. The number of hydrogen-bond acceptors (Lipinski definition) is 23. The van der Waals surface area contributed by atoms with Crippen molar-refractivity contribution in [3.8, 4) is 16.9 Å². The number of aliphatic hydroxyl groups excluding tert-OH is 3. The fourth-order valence-corrected chi connectivity index (χ4v) is 13.3. The summed E-state index contributed by atoms with van der Waals surface area (Å²) < 4.78 is 76.8. The van der Waals surface area contributed by atoms with Crippen molar-refractivity contribution in [2.45, 2.75) is 216 Å². The molecule has 0 unspecified atom stereocenters. The van der Waals surface area contributed by atoms with Crippen molar-refractivity contribution in [3.05, 3.63) is 173 Å². The minimum Gasteiger partial charge on any atom is -0.508 e. The number of amides is 15. The number of carboxylic acid groups (broad SMARTS) is 1. The molecule has 0 aliphatic rings. The topological polar surface area (TPSA) is 663 Å². The van der Waals surface area contributed by atoms with E-state index in [1.54, 1.807) is 56.3 Å². The highest BCUT2D eigenvalue weighted by atomic mass is 19.2. The molecule has 0 spiro atoms. The van der Waals surface area contributed by atoms with Crippen LogP contribution < -0.4 is 92.1 Å². The van der Waals surface area contributed by atoms with Crippen LogP contribution in [0.5, 0.6) is 5.75 Å². The summed E-state index contributed by atoms with van der Waals surface area (Å²) in [6.45, 7) is 6.87. The Bertz CT molecular complexity index is 4960. The number of anilines is 1. The number of carbonyl (C=O) groups is 16. The predicted octanol–water partition coefficient (Wildman–Crippen LogP) is -2.54. The number of phenolic OH excluding ortho intramolecular Hbond substituents is 1. The molecule has 0 saturated carbocycles. The summed E-state index contributed by atoms with van der Waals surface area (Å²) in [6, 6.07) is 1.40. The summed E-state index contributed by atoms with van der Waals surface area (Å²) in [5.41, 5.74) is 23.0. The number of aliphatic carboxylic acids is 1. The number of aliphatic hydroxyl groups is 3. The van der Waals surface area contributed by atoms with Crippen molar-refractivity contribution >= 4 is 100 Å². The molecule has 6 rings (SSSR count). The van der Waals surface area contributed by atoms with E-state index in [1.807, 2.05) is 12.1 Å². The Morgan fingerprint density at radius 2 is 0.809 bits per heavy atom. The first-order chi connectivity index (χ1) is 61.9. The van der Waals surface area contributed by atoms with Crippen LogP contribution in [0.3, 0.4) is 0 Å². The third kappa shape index (κ3) is 33.5. The number of hydrogen-bond donors (Lipinski definition) is 23. The summed E-state index contributed by atoms with van der Waals surface area (Å²) in [7, 11) is 0. The number of carbonyl (C=O) groups excluding carboxylic acids is 15. The SMILES string of the molecule is CC(=O)N[C@@H](CC(C)C)C(=O)N[C@H](C(=O)N[C@@H](Cc1ccc(-c2ccccc2)cc1)C(=O)N[C@@H](CCC(=O)O)C(=O)N[C@@H](Cc1c[nH]cn1)C(=O)N[C@@H](Cc1ccc(O)cc1)C(=O)N[C@@H](Cc1c(F)c(F)c(F)c(F)c1F)C(=O)N[C@@H](C)C(=O)N[C@@H](CCC(N)=O)C(=O)N[C@@H](Cc1ccc(N)cc1)C(=O)N[C@H](C(=O)N[C@@H](CO)C(=O)N[C@@H](CCCCN)C(N)=O)[C@@H](C)O)[C@@H](C)O. The van der Waals surface area contributed by atoms with Crippen molar-refractivity contribution in [1.29, 1.82) is 0 Å². The van der Waals surface area contributed by atoms with Crippen molar-refractivity contribution in [2.24, 2.45) is 23.1 Å². The van der Waals surface area contributed by atoms with Gasteiger partial charge in [-0.2, -0.15) is 0 Å². The van der Waals surface area contributed by atoms with E-state index in [1.165, 1.54) is 42.6 Å². The summed E-state index contributed by atoms with van der Waals surface area (Å²) in [5, 5.41) is 82.5. The van der Waals surface area contributed by atoms with E-state index in [2.05, 4.69) is 79.1 Å². The second kappa shape index (κ2) is 51.2. The zero-order valence-corrected chi connectivity index (χ0v) is 72.2. The number of aromatic hydroxyl groups is 1. The van der Waals surface area contributed by atoms with Gasteiger partial charge in [0.15, 0.2) is 23.3 Å². The van der Waals surface area contributed by atoms with E-state index < -0.39 is 284 Å². The summed E-state index contributed by atoms with van der Waals surface area (Å²) in [5.74, 6) is -33.1. The number of primary amides is 2. The lowest BCUT2D eigenvalue weighted by atomic mass is 9.99. The zero-order valence-electron chi connectivity index (χ0n) is 72.2. The highest BCUT2D eigenvalue weighted by molar-refractivity contribution is 6.01. The van der Waals surface area contributed by atoms with Crippen LogP contribution in [0.15, 0.2) is 116 Å². The molecular weight excluding hydrogens is 1730 g/mol. The van der Waals surface area contributed by atoms with E-state index in [9.17, 15) is 97.0 Å². The van der Waals surface area contributed by atoms with Crippen LogP contribution in [0.25, 0.3) is 11.1 Å². The number of rotatable bonds is 52. The van der Waals surface area contributed by atoms with E-state index in [0.29, 0.717) is 24.0 Å². The molecule has 15 atom stereocenters.